The van der Waals surface area contributed by atoms with Crippen molar-refractivity contribution in [1.82, 2.24) is 0 Å². The summed E-state index contributed by atoms with van der Waals surface area (Å²) in [4.78, 5) is 13.9. The Bertz CT molecular complexity index is 581. The first kappa shape index (κ1) is 19.5. The van der Waals surface area contributed by atoms with Crippen LogP contribution in [-0.4, -0.2) is 10.5 Å². The largest absolute Gasteiger partial charge is 0.298 e. The van der Waals surface area contributed by atoms with E-state index in [-0.39, 0.29) is 11.7 Å². The van der Waals surface area contributed by atoms with E-state index in [0.717, 1.165) is 22.5 Å². The second-order valence-electron chi connectivity index (χ2n) is 6.48. The fourth-order valence-electron chi connectivity index (χ4n) is 2.18. The van der Waals surface area contributed by atoms with Gasteiger partial charge in [-0.1, -0.05) is 54.7 Å². The molecule has 2 heteroatoms. The van der Waals surface area contributed by atoms with Gasteiger partial charge < -0.3 is 0 Å². The average molecular weight is 329 g/mol. The maximum absolute atomic E-state index is 12.8. The van der Waals surface area contributed by atoms with E-state index in [9.17, 15) is 4.79 Å². The van der Waals surface area contributed by atoms with Crippen LogP contribution in [0.25, 0.3) is 0 Å². The first-order valence-corrected chi connectivity index (χ1v) is 8.80. The first-order valence-electron chi connectivity index (χ1n) is 7.98. The van der Waals surface area contributed by atoms with E-state index in [2.05, 4.69) is 19.2 Å². The number of thioether (sulfide) groups is 1. The Labute approximate surface area is 145 Å². The van der Waals surface area contributed by atoms with Crippen molar-refractivity contribution < 1.29 is 4.79 Å². The number of allylic oxidation sites excluding steroid dienone is 4. The molecule has 1 nitrogen and oxygen atoms in total. The zero-order valence-electron chi connectivity index (χ0n) is 14.8. The Kier molecular flexibility index (Phi) is 7.57. The van der Waals surface area contributed by atoms with Crippen LogP contribution in [0.1, 0.15) is 40.5 Å². The van der Waals surface area contributed by atoms with Crippen molar-refractivity contribution in [2.75, 3.05) is 0 Å². The predicted octanol–water partition coefficient (Wildman–Crippen LogP) is 6.23. The van der Waals surface area contributed by atoms with Gasteiger partial charge in [-0.25, -0.2) is 0 Å². The van der Waals surface area contributed by atoms with E-state index in [4.69, 9.17) is 0 Å². The molecule has 124 valence electrons. The Morgan fingerprint density at radius 2 is 1.87 bits per heavy atom. The minimum atomic E-state index is -0.438. The summed E-state index contributed by atoms with van der Waals surface area (Å²) in [6.45, 7) is 15.9. The van der Waals surface area contributed by atoms with Gasteiger partial charge in [-0.3, -0.25) is 4.79 Å². The fraction of sp³-hybridized carbons (Fsp3) is 0.381. The van der Waals surface area contributed by atoms with Crippen LogP contribution in [-0.2, 0) is 4.79 Å². The van der Waals surface area contributed by atoms with Crippen LogP contribution in [0.15, 0.2) is 71.7 Å². The molecule has 0 saturated carbocycles. The first-order chi connectivity index (χ1) is 10.8. The van der Waals surface area contributed by atoms with Gasteiger partial charge in [0.2, 0.25) is 0 Å². The summed E-state index contributed by atoms with van der Waals surface area (Å²) in [7, 11) is 0. The van der Waals surface area contributed by atoms with Gasteiger partial charge in [-0.15, -0.1) is 11.8 Å². The number of benzene rings is 1. The second kappa shape index (κ2) is 8.93. The minimum Gasteiger partial charge on any atom is -0.298 e. The lowest BCUT2D eigenvalue weighted by Gasteiger charge is -2.25. The SMILES string of the molecule is C=C/C(C)=C\C[C@@H](CC(=O)C(C)(C)Sc1ccccc1)C(=C)C. The molecule has 0 aliphatic rings. The quantitative estimate of drug-likeness (QED) is 0.303. The minimum absolute atomic E-state index is 0.188. The Morgan fingerprint density at radius 3 is 2.39 bits per heavy atom. The normalized spacial score (nSPS) is 13.5. The Hall–Kier alpha value is -1.54. The van der Waals surface area contributed by atoms with Crippen LogP contribution in [0.4, 0.5) is 0 Å². The molecule has 1 aromatic rings. The zero-order valence-corrected chi connectivity index (χ0v) is 15.6. The molecule has 0 amide bonds. The van der Waals surface area contributed by atoms with E-state index < -0.39 is 4.75 Å². The van der Waals surface area contributed by atoms with Crippen LogP contribution in [0, 0.1) is 5.92 Å². The monoisotopic (exact) mass is 328 g/mol. The third kappa shape index (κ3) is 6.62. The van der Waals surface area contributed by atoms with Crippen molar-refractivity contribution in [2.24, 2.45) is 5.92 Å². The smallest absolute Gasteiger partial charge is 0.149 e. The molecule has 0 radical (unpaired) electrons. The van der Waals surface area contributed by atoms with Gasteiger partial charge in [0.25, 0.3) is 0 Å². The van der Waals surface area contributed by atoms with Crippen molar-refractivity contribution >= 4 is 17.5 Å². The van der Waals surface area contributed by atoms with Gasteiger partial charge in [-0.05, 0) is 52.2 Å². The van der Waals surface area contributed by atoms with Crippen molar-refractivity contribution in [2.45, 2.75) is 50.2 Å². The standard InChI is InChI=1S/C21H28OS/c1-7-17(4)13-14-18(16(2)3)15-20(22)21(5,6)23-19-11-9-8-10-12-19/h7-13,18H,1-2,14-15H2,3-6H3/b17-13-/t18-/m0/s1. The highest BCUT2D eigenvalue weighted by Gasteiger charge is 2.30. The lowest BCUT2D eigenvalue weighted by Crippen LogP contribution is -2.29. The molecule has 23 heavy (non-hydrogen) atoms. The lowest BCUT2D eigenvalue weighted by atomic mass is 9.88. The van der Waals surface area contributed by atoms with Gasteiger partial charge in [0.05, 0.1) is 4.75 Å². The summed E-state index contributed by atoms with van der Waals surface area (Å²) in [5, 5.41) is 0. The van der Waals surface area contributed by atoms with Gasteiger partial charge in [0.15, 0.2) is 0 Å². The molecular formula is C21H28OS. The van der Waals surface area contributed by atoms with Crippen LogP contribution < -0.4 is 0 Å². The third-order valence-electron chi connectivity index (χ3n) is 3.96. The fourth-order valence-corrected chi connectivity index (χ4v) is 3.26. The highest BCUT2D eigenvalue weighted by atomic mass is 32.2. The van der Waals surface area contributed by atoms with E-state index in [1.54, 1.807) is 11.8 Å². The van der Waals surface area contributed by atoms with Crippen LogP contribution in [0.2, 0.25) is 0 Å². The number of rotatable bonds is 9. The maximum atomic E-state index is 12.8. The number of Topliss-reactive ketones (excluding diaryl/α,β-unsaturated/α-hetero) is 1. The summed E-state index contributed by atoms with van der Waals surface area (Å²) in [5.74, 6) is 0.456. The predicted molar refractivity (Wildman–Crippen MR) is 103 cm³/mol. The number of ketones is 1. The van der Waals surface area contributed by atoms with E-state index >= 15 is 0 Å². The molecular weight excluding hydrogens is 300 g/mol. The van der Waals surface area contributed by atoms with Crippen LogP contribution in [0.5, 0.6) is 0 Å². The number of carbonyl (C=O) groups is 1. The maximum Gasteiger partial charge on any atom is 0.149 e. The molecule has 0 spiro atoms. The lowest BCUT2D eigenvalue weighted by molar-refractivity contribution is -0.121. The molecule has 0 aromatic heterocycles. The molecule has 0 aliphatic carbocycles. The van der Waals surface area contributed by atoms with Crippen LogP contribution >= 0.6 is 11.8 Å². The molecule has 0 bridgehead atoms. The van der Waals surface area contributed by atoms with Gasteiger partial charge in [-0.2, -0.15) is 0 Å². The molecule has 0 fully saturated rings. The van der Waals surface area contributed by atoms with Crippen molar-refractivity contribution in [3.05, 3.63) is 66.8 Å². The third-order valence-corrected chi connectivity index (χ3v) is 5.21. The molecule has 0 unspecified atom stereocenters. The molecule has 0 saturated heterocycles. The Morgan fingerprint density at radius 1 is 1.26 bits per heavy atom. The molecule has 1 aromatic carbocycles. The van der Waals surface area contributed by atoms with Gasteiger partial charge >= 0.3 is 0 Å². The summed E-state index contributed by atoms with van der Waals surface area (Å²) < 4.78 is -0.438. The molecule has 1 atom stereocenters. The summed E-state index contributed by atoms with van der Waals surface area (Å²) in [6, 6.07) is 10.1. The van der Waals surface area contributed by atoms with Crippen LogP contribution in [0.3, 0.4) is 0 Å². The van der Waals surface area contributed by atoms with E-state index in [0.29, 0.717) is 6.42 Å². The second-order valence-corrected chi connectivity index (χ2v) is 8.18. The van der Waals surface area contributed by atoms with E-state index in [1.165, 1.54) is 0 Å². The number of hydrogen-bond donors (Lipinski definition) is 0. The Balaban J connectivity index is 2.76. The van der Waals surface area contributed by atoms with E-state index in [1.807, 2.05) is 64.1 Å². The molecule has 0 aliphatic heterocycles. The highest BCUT2D eigenvalue weighted by Crippen LogP contribution is 2.35. The highest BCUT2D eigenvalue weighted by molar-refractivity contribution is 8.01. The molecule has 1 rings (SSSR count). The van der Waals surface area contributed by atoms with Crippen molar-refractivity contribution in [1.29, 1.82) is 0 Å². The topological polar surface area (TPSA) is 17.1 Å². The average Bonchev–Trinajstić information content (AvgIpc) is 2.50. The van der Waals surface area contributed by atoms with Crippen molar-refractivity contribution in [3.8, 4) is 0 Å². The molecule has 0 heterocycles. The van der Waals surface area contributed by atoms with Crippen molar-refractivity contribution in [3.63, 3.8) is 0 Å². The molecule has 0 N–H and O–H groups in total. The summed E-state index contributed by atoms with van der Waals surface area (Å²) in [5.41, 5.74) is 2.20. The van der Waals surface area contributed by atoms with Gasteiger partial charge in [0.1, 0.15) is 5.78 Å². The number of carbonyl (C=O) groups excluding carboxylic acids is 1. The summed E-state index contributed by atoms with van der Waals surface area (Å²) in [6.07, 6.45) is 5.34. The zero-order chi connectivity index (χ0) is 17.5. The summed E-state index contributed by atoms with van der Waals surface area (Å²) >= 11 is 1.63. The number of hydrogen-bond acceptors (Lipinski definition) is 2. The van der Waals surface area contributed by atoms with Gasteiger partial charge in [0, 0.05) is 11.3 Å².